The van der Waals surface area contributed by atoms with Crippen LogP contribution in [0.3, 0.4) is 0 Å². The summed E-state index contributed by atoms with van der Waals surface area (Å²) in [7, 11) is 0. The summed E-state index contributed by atoms with van der Waals surface area (Å²) in [6.45, 7) is 1.33. The molecule has 0 saturated carbocycles. The molecule has 2 N–H and O–H groups in total. The first-order chi connectivity index (χ1) is 14.1. The number of aromatic nitrogens is 3. The summed E-state index contributed by atoms with van der Waals surface area (Å²) in [5.74, 6) is 0.373. The van der Waals surface area contributed by atoms with Gasteiger partial charge in [-0.15, -0.1) is 16.4 Å². The van der Waals surface area contributed by atoms with Crippen LogP contribution in [0.4, 0.5) is 11.6 Å². The van der Waals surface area contributed by atoms with Crippen LogP contribution in [0.15, 0.2) is 60.0 Å². The normalized spacial score (nSPS) is 10.7. The molecule has 0 fully saturated rings. The largest absolute Gasteiger partial charge is 0.484 e. The second kappa shape index (κ2) is 8.11. The minimum atomic E-state index is -0.340. The Hall–Kier alpha value is -3.72. The van der Waals surface area contributed by atoms with Gasteiger partial charge in [0.2, 0.25) is 10.9 Å². The Labute approximate surface area is 170 Å². The molecule has 146 valence electrons. The Morgan fingerprint density at radius 3 is 2.55 bits per heavy atom. The van der Waals surface area contributed by atoms with Crippen LogP contribution >= 0.6 is 11.3 Å². The van der Waals surface area contributed by atoms with Gasteiger partial charge in [-0.2, -0.15) is 4.98 Å². The highest BCUT2D eigenvalue weighted by Crippen LogP contribution is 2.27. The molecule has 2 amide bonds. The standard InChI is InChI=1S/C20H17N5O3S/c1-13(26)21-15-9-7-14(8-10-15)17-12-29-20-23-19(24-25(17)20)22-18(27)11-28-16-5-3-2-4-6-16/h2-10,12H,11H2,1H3,(H,21,26)(H,22,24,27). The first kappa shape index (κ1) is 18.6. The van der Waals surface area contributed by atoms with E-state index >= 15 is 0 Å². The molecule has 0 aliphatic heterocycles. The molecule has 0 bridgehead atoms. The van der Waals surface area contributed by atoms with Crippen LogP contribution in [0.5, 0.6) is 5.75 Å². The average Bonchev–Trinajstić information content (AvgIpc) is 3.28. The van der Waals surface area contributed by atoms with Crippen LogP contribution in [-0.2, 0) is 9.59 Å². The Morgan fingerprint density at radius 1 is 1.07 bits per heavy atom. The summed E-state index contributed by atoms with van der Waals surface area (Å²) in [6, 6.07) is 16.5. The molecule has 4 aromatic rings. The van der Waals surface area contributed by atoms with E-state index in [-0.39, 0.29) is 24.4 Å². The number of nitrogens with zero attached hydrogens (tertiary/aromatic N) is 3. The zero-order valence-corrected chi connectivity index (χ0v) is 16.3. The van der Waals surface area contributed by atoms with Crippen LogP contribution in [0, 0.1) is 0 Å². The Bertz CT molecular complexity index is 1150. The number of rotatable bonds is 6. The summed E-state index contributed by atoms with van der Waals surface area (Å²) in [5.41, 5.74) is 2.48. The molecule has 2 aromatic carbocycles. The van der Waals surface area contributed by atoms with Crippen molar-refractivity contribution in [2.24, 2.45) is 0 Å². The predicted octanol–water partition coefficient (Wildman–Crippen LogP) is 3.43. The Kier molecular flexibility index (Phi) is 5.21. The van der Waals surface area contributed by atoms with E-state index in [1.807, 2.05) is 47.8 Å². The fourth-order valence-corrected chi connectivity index (χ4v) is 3.52. The minimum Gasteiger partial charge on any atom is -0.484 e. The van der Waals surface area contributed by atoms with E-state index in [1.165, 1.54) is 18.3 Å². The van der Waals surface area contributed by atoms with E-state index < -0.39 is 0 Å². The fraction of sp³-hybridized carbons (Fsp3) is 0.100. The third-order valence-electron chi connectivity index (χ3n) is 3.95. The molecule has 0 spiro atoms. The van der Waals surface area contributed by atoms with E-state index in [0.29, 0.717) is 10.7 Å². The van der Waals surface area contributed by atoms with Gasteiger partial charge in [0.15, 0.2) is 6.61 Å². The van der Waals surface area contributed by atoms with E-state index in [2.05, 4.69) is 20.7 Å². The number of benzene rings is 2. The summed E-state index contributed by atoms with van der Waals surface area (Å²) in [4.78, 5) is 28.2. The van der Waals surface area contributed by atoms with Crippen molar-refractivity contribution in [3.05, 3.63) is 60.0 Å². The number of amides is 2. The number of hydrogen-bond acceptors (Lipinski definition) is 6. The molecule has 0 aliphatic rings. The lowest BCUT2D eigenvalue weighted by molar-refractivity contribution is -0.118. The SMILES string of the molecule is CC(=O)Nc1ccc(-c2csc3nc(NC(=O)COc4ccccc4)nn23)cc1. The van der Waals surface area contributed by atoms with Gasteiger partial charge in [-0.3, -0.25) is 14.9 Å². The quantitative estimate of drug-likeness (QED) is 0.510. The molecular weight excluding hydrogens is 390 g/mol. The second-order valence-electron chi connectivity index (χ2n) is 6.16. The lowest BCUT2D eigenvalue weighted by Gasteiger charge is -2.05. The second-order valence-corrected chi connectivity index (χ2v) is 7.00. The first-order valence-electron chi connectivity index (χ1n) is 8.78. The minimum absolute atomic E-state index is 0.122. The smallest absolute Gasteiger partial charge is 0.264 e. The van der Waals surface area contributed by atoms with E-state index in [9.17, 15) is 9.59 Å². The topological polar surface area (TPSA) is 97.6 Å². The summed E-state index contributed by atoms with van der Waals surface area (Å²) >= 11 is 1.42. The van der Waals surface area contributed by atoms with Crippen LogP contribution in [0.25, 0.3) is 16.2 Å². The van der Waals surface area contributed by atoms with Crippen molar-refractivity contribution in [1.82, 2.24) is 14.6 Å². The maximum absolute atomic E-state index is 12.1. The van der Waals surface area contributed by atoms with Crippen molar-refractivity contribution in [1.29, 1.82) is 0 Å². The van der Waals surface area contributed by atoms with Crippen LogP contribution in [0.2, 0.25) is 0 Å². The van der Waals surface area contributed by atoms with Crippen LogP contribution < -0.4 is 15.4 Å². The van der Waals surface area contributed by atoms with Gasteiger partial charge in [0, 0.05) is 23.6 Å². The molecule has 2 heterocycles. The number of thiazole rings is 1. The van der Waals surface area contributed by atoms with Gasteiger partial charge in [-0.05, 0) is 24.3 Å². The zero-order chi connectivity index (χ0) is 20.2. The molecule has 0 radical (unpaired) electrons. The molecule has 29 heavy (non-hydrogen) atoms. The van der Waals surface area contributed by atoms with Crippen molar-refractivity contribution < 1.29 is 14.3 Å². The Balaban J connectivity index is 1.45. The highest BCUT2D eigenvalue weighted by Gasteiger charge is 2.14. The number of carbonyl (C=O) groups is 2. The Morgan fingerprint density at radius 2 is 1.83 bits per heavy atom. The molecule has 0 atom stereocenters. The van der Waals surface area contributed by atoms with Gasteiger partial charge in [0.25, 0.3) is 11.9 Å². The lowest BCUT2D eigenvalue weighted by Crippen LogP contribution is -2.20. The molecule has 8 nitrogen and oxygen atoms in total. The molecular formula is C20H17N5O3S. The zero-order valence-electron chi connectivity index (χ0n) is 15.5. The molecule has 2 aromatic heterocycles. The number of fused-ring (bicyclic) bond motifs is 1. The number of hydrogen-bond donors (Lipinski definition) is 2. The number of para-hydroxylation sites is 1. The van der Waals surface area contributed by atoms with E-state index in [1.54, 1.807) is 16.6 Å². The van der Waals surface area contributed by atoms with Crippen molar-refractivity contribution in [2.45, 2.75) is 6.92 Å². The van der Waals surface area contributed by atoms with Crippen LogP contribution in [-0.4, -0.2) is 33.0 Å². The van der Waals surface area contributed by atoms with Crippen molar-refractivity contribution in [2.75, 3.05) is 17.2 Å². The third-order valence-corrected chi connectivity index (χ3v) is 4.76. The number of ether oxygens (including phenoxy) is 1. The molecule has 0 unspecified atom stereocenters. The van der Waals surface area contributed by atoms with Crippen molar-refractivity contribution in [3.63, 3.8) is 0 Å². The maximum atomic E-state index is 12.1. The predicted molar refractivity (Wildman–Crippen MR) is 111 cm³/mol. The molecule has 0 saturated heterocycles. The van der Waals surface area contributed by atoms with Gasteiger partial charge in [0.05, 0.1) is 5.69 Å². The number of anilines is 2. The highest BCUT2D eigenvalue weighted by atomic mass is 32.1. The average molecular weight is 407 g/mol. The third kappa shape index (κ3) is 4.41. The van der Waals surface area contributed by atoms with Gasteiger partial charge >= 0.3 is 0 Å². The summed E-state index contributed by atoms with van der Waals surface area (Å²) < 4.78 is 7.10. The maximum Gasteiger partial charge on any atom is 0.264 e. The summed E-state index contributed by atoms with van der Waals surface area (Å²) in [5, 5.41) is 11.7. The molecule has 9 heteroatoms. The van der Waals surface area contributed by atoms with Crippen molar-refractivity contribution in [3.8, 4) is 17.0 Å². The monoisotopic (exact) mass is 407 g/mol. The summed E-state index contributed by atoms with van der Waals surface area (Å²) in [6.07, 6.45) is 0. The van der Waals surface area contributed by atoms with Gasteiger partial charge in [-0.25, -0.2) is 4.52 Å². The molecule has 4 rings (SSSR count). The van der Waals surface area contributed by atoms with Crippen LogP contribution in [0.1, 0.15) is 6.92 Å². The van der Waals surface area contributed by atoms with Gasteiger partial charge in [-0.1, -0.05) is 30.3 Å². The number of nitrogens with one attached hydrogen (secondary N) is 2. The first-order valence-corrected chi connectivity index (χ1v) is 9.66. The van der Waals surface area contributed by atoms with E-state index in [0.717, 1.165) is 16.9 Å². The fourth-order valence-electron chi connectivity index (χ4n) is 2.69. The van der Waals surface area contributed by atoms with Gasteiger partial charge < -0.3 is 10.1 Å². The van der Waals surface area contributed by atoms with Crippen molar-refractivity contribution >= 4 is 39.7 Å². The van der Waals surface area contributed by atoms with E-state index in [4.69, 9.17) is 4.74 Å². The highest BCUT2D eigenvalue weighted by molar-refractivity contribution is 7.15. The lowest BCUT2D eigenvalue weighted by atomic mass is 10.1. The number of carbonyl (C=O) groups excluding carboxylic acids is 2. The van der Waals surface area contributed by atoms with Gasteiger partial charge in [0.1, 0.15) is 5.75 Å². The molecule has 0 aliphatic carbocycles.